The third-order valence-corrected chi connectivity index (χ3v) is 13.0. The number of aromatic hydroxyl groups is 2. The number of methoxy groups -OCH3 is 6. The molecular weight excluding hydrogens is 1360 g/mol. The van der Waals surface area contributed by atoms with Gasteiger partial charge in [0.05, 0.1) is 48.8 Å². The Bertz CT molecular complexity index is 2140. The number of hydrogen-bond acceptors (Lipinski definition) is 13. The van der Waals surface area contributed by atoms with Crippen molar-refractivity contribution in [1.82, 2.24) is 0 Å². The van der Waals surface area contributed by atoms with Crippen molar-refractivity contribution in [3.05, 3.63) is 95.1 Å². The first-order valence-corrected chi connectivity index (χ1v) is 33.8. The predicted octanol–water partition coefficient (Wildman–Crippen LogP) is 19.9. The van der Waals surface area contributed by atoms with Crippen LogP contribution in [0.3, 0.4) is 0 Å². The first-order valence-electron chi connectivity index (χ1n) is 29.9. The van der Waals surface area contributed by atoms with Crippen LogP contribution in [0.2, 0.25) is 0 Å². The second-order valence-corrected chi connectivity index (χ2v) is 26.5. The van der Waals surface area contributed by atoms with Crippen molar-refractivity contribution in [1.29, 1.82) is 0 Å². The quantitative estimate of drug-likeness (QED) is 0.0131. The minimum absolute atomic E-state index is 0. The van der Waals surface area contributed by atoms with E-state index in [0.29, 0.717) is 52.5 Å². The molecule has 3 N–H and O–H groups in total. The number of halogens is 4. The van der Waals surface area contributed by atoms with Crippen molar-refractivity contribution in [3.8, 4) is 46.0 Å². The van der Waals surface area contributed by atoms with Crippen LogP contribution >= 0.6 is 63.2 Å². The van der Waals surface area contributed by atoms with E-state index in [1.807, 2.05) is 32.0 Å². The van der Waals surface area contributed by atoms with E-state index in [-0.39, 0.29) is 52.2 Å². The molecular formula is C66H107BBr4MgO13. The molecule has 4 aromatic rings. The number of alkyl halides is 1. The minimum atomic E-state index is -0.439. The van der Waals surface area contributed by atoms with Gasteiger partial charge in [0.15, 0.2) is 11.6 Å². The number of aliphatic hydroxyl groups is 1. The molecule has 4 aromatic carbocycles. The van der Waals surface area contributed by atoms with E-state index in [9.17, 15) is 29.7 Å². The zero-order valence-corrected chi connectivity index (χ0v) is 61.4. The number of aliphatic hydroxyl groups excluding tert-OH is 1. The molecule has 0 spiro atoms. The van der Waals surface area contributed by atoms with Crippen LogP contribution in [0.5, 0.6) is 46.0 Å². The fraction of sp³-hybridized carbons (Fsp3) is 0.591. The number of ether oxygens (including phenoxy) is 7. The largest absolute Gasteiger partial charge is 2.00 e. The van der Waals surface area contributed by atoms with Crippen LogP contribution in [-0.4, -0.2) is 121 Å². The zero-order chi connectivity index (χ0) is 63.8. The van der Waals surface area contributed by atoms with Crippen molar-refractivity contribution in [2.75, 3.05) is 61.2 Å². The first kappa shape index (κ1) is 88.4. The van der Waals surface area contributed by atoms with Crippen molar-refractivity contribution in [2.24, 2.45) is 0 Å². The maximum absolute atomic E-state index is 12.1. The molecule has 0 aliphatic carbocycles. The van der Waals surface area contributed by atoms with Gasteiger partial charge < -0.3 is 51.3 Å². The summed E-state index contributed by atoms with van der Waals surface area (Å²) in [5.74, 6) is 4.01. The molecule has 1 atom stereocenters. The fourth-order valence-corrected chi connectivity index (χ4v) is 8.12. The molecule has 85 heavy (non-hydrogen) atoms. The molecule has 1 unspecified atom stereocenters. The van der Waals surface area contributed by atoms with Gasteiger partial charge in [0.1, 0.15) is 52.3 Å². The van der Waals surface area contributed by atoms with Gasteiger partial charge in [-0.1, -0.05) is 153 Å². The molecule has 0 saturated heterocycles. The average molecular weight is 1460 g/mol. The molecule has 0 saturated carbocycles. The Morgan fingerprint density at radius 2 is 0.776 bits per heavy atom. The SMILES string of the molecule is BrB(Br)Br.CCCCCCCBr.CCCCCCCC(=O)c1cc(O)cc(O)c1.CCCCCCCC(=O)c1cc(OC)cc(OC)c1.CCCCCCCC(O)c1cc(OC)cc(OC)c1.CCOCC.COc1cc(C=O)cc(OC)c1.[H-].[H-].[Mg+2]. The van der Waals surface area contributed by atoms with Crippen molar-refractivity contribution in [2.45, 2.75) is 195 Å². The molecule has 0 aliphatic heterocycles. The monoisotopic (exact) mass is 1460 g/mol. The molecule has 4 rings (SSSR count). The van der Waals surface area contributed by atoms with Gasteiger partial charge in [-0.15, -0.1) is 47.3 Å². The molecule has 0 radical (unpaired) electrons. The Morgan fingerprint density at radius 1 is 0.471 bits per heavy atom. The topological polar surface area (TPSA) is 177 Å². The average Bonchev–Trinajstić information content (AvgIpc) is 3.52. The van der Waals surface area contributed by atoms with E-state index < -0.39 is 6.10 Å². The summed E-state index contributed by atoms with van der Waals surface area (Å²) >= 11 is 12.7. The van der Waals surface area contributed by atoms with Crippen LogP contribution in [-0.2, 0) is 4.74 Å². The number of Topliss-reactive ketones (excluding diaryl/α,β-unsaturated/α-hetero) is 2. The number of ketones is 2. The maximum Gasteiger partial charge on any atom is 2.00 e. The maximum atomic E-state index is 12.1. The van der Waals surface area contributed by atoms with E-state index in [2.05, 4.69) is 90.9 Å². The van der Waals surface area contributed by atoms with Gasteiger partial charge in [0.25, 0.3) is 0 Å². The predicted molar refractivity (Wildman–Crippen MR) is 373 cm³/mol. The number of rotatable bonds is 35. The second kappa shape index (κ2) is 62.6. The molecule has 0 aromatic heterocycles. The van der Waals surface area contributed by atoms with E-state index in [1.165, 1.54) is 113 Å². The molecule has 0 bridgehead atoms. The number of benzene rings is 4. The number of aldehydes is 1. The number of hydrogen-bond donors (Lipinski definition) is 3. The van der Waals surface area contributed by atoms with Crippen LogP contribution in [0, 0.1) is 0 Å². The summed E-state index contributed by atoms with van der Waals surface area (Å²) in [6, 6.07) is 19.9. The van der Waals surface area contributed by atoms with Crippen LogP contribution in [0.15, 0.2) is 72.8 Å². The Kier molecular flexibility index (Phi) is 65.1. The summed E-state index contributed by atoms with van der Waals surface area (Å²) in [4.78, 5) is 34.3. The van der Waals surface area contributed by atoms with Gasteiger partial charge in [-0.05, 0) is 93.6 Å². The molecule has 13 nitrogen and oxygen atoms in total. The molecule has 0 fully saturated rings. The fourth-order valence-electron chi connectivity index (χ4n) is 7.72. The van der Waals surface area contributed by atoms with Gasteiger partial charge in [0.2, 0.25) is 0 Å². The Morgan fingerprint density at radius 3 is 1.08 bits per heavy atom. The number of carbonyl (C=O) groups excluding carboxylic acids is 3. The van der Waals surface area contributed by atoms with Crippen molar-refractivity contribution in [3.63, 3.8) is 0 Å². The van der Waals surface area contributed by atoms with E-state index in [4.69, 9.17) is 33.2 Å². The normalized spacial score (nSPS) is 10.1. The second-order valence-electron chi connectivity index (χ2n) is 19.3. The Labute approximate surface area is 566 Å². The smallest absolute Gasteiger partial charge is 1.00 e. The molecule has 0 aliphatic rings. The Balaban J connectivity index is -0.000000230. The van der Waals surface area contributed by atoms with E-state index in [0.717, 1.165) is 81.5 Å². The summed E-state index contributed by atoms with van der Waals surface area (Å²) in [6.45, 7) is 14.5. The molecule has 482 valence electrons. The summed E-state index contributed by atoms with van der Waals surface area (Å²) in [7, 11) is 9.51. The zero-order valence-electron chi connectivity index (χ0n) is 55.7. The van der Waals surface area contributed by atoms with Crippen LogP contribution in [0.4, 0.5) is 0 Å². The number of carbonyl (C=O) groups is 3. The third kappa shape index (κ3) is 51.5. The van der Waals surface area contributed by atoms with Gasteiger partial charge in [-0.2, -0.15) is 0 Å². The molecule has 0 heterocycles. The number of phenolic OH excluding ortho intramolecular Hbond substituents is 2. The van der Waals surface area contributed by atoms with Gasteiger partial charge >= 0.3 is 26.2 Å². The Hall–Kier alpha value is -3.04. The summed E-state index contributed by atoms with van der Waals surface area (Å²) in [5.41, 5.74) is 2.47. The van der Waals surface area contributed by atoms with Crippen LogP contribution in [0.1, 0.15) is 235 Å². The van der Waals surface area contributed by atoms with Gasteiger partial charge in [0, 0.05) is 72.3 Å². The van der Waals surface area contributed by atoms with E-state index in [1.54, 1.807) is 79.1 Å². The van der Waals surface area contributed by atoms with Crippen LogP contribution in [0.25, 0.3) is 0 Å². The first-order chi connectivity index (χ1) is 40.4. The van der Waals surface area contributed by atoms with Crippen molar-refractivity contribution >= 4 is 107 Å². The van der Waals surface area contributed by atoms with Crippen LogP contribution < -0.4 is 28.4 Å². The van der Waals surface area contributed by atoms with Gasteiger partial charge in [-0.3, -0.25) is 14.4 Å². The number of unbranched alkanes of at least 4 members (excludes halogenated alkanes) is 16. The summed E-state index contributed by atoms with van der Waals surface area (Å²) in [5, 5.41) is 29.9. The van der Waals surface area contributed by atoms with E-state index >= 15 is 0 Å². The standard InChI is InChI=1S/C16H26O3.C16H24O3.C14H20O3.C9H10O3.C7H15Br.C4H10O.BBr3.Mg.2H/c2*1-4-5-6-7-8-9-16(17)13-10-14(18-2)12-15(11-13)19-3;1-2-3-4-5-6-7-14(17)11-8-12(15)10-13(16)9-11;1-11-8-3-7(6-10)4-9(5-8)12-2;1-2-3-4-5-6-7-8;1-3-5-4-2;2-1(3)4;;;/h10-12,16-17H,4-9H2,1-3H3;10-12H,4-9H2,1-3H3;8-10,15-16H,2-7H2,1H3;3-6H,1-2H3;2-7H2,1H3;3-4H2,1-2H3;;;;/q;;;;;;;+2;2*-1. The minimum Gasteiger partial charge on any atom is -1.00 e. The van der Waals surface area contributed by atoms with Crippen molar-refractivity contribution < 1.29 is 65.7 Å². The summed E-state index contributed by atoms with van der Waals surface area (Å²) < 4.78 is 35.8. The summed E-state index contributed by atoms with van der Waals surface area (Å²) in [6.07, 6.45) is 26.4. The molecule has 0 amide bonds. The number of phenols is 2. The molecule has 19 heteroatoms. The van der Waals surface area contributed by atoms with Gasteiger partial charge in [-0.25, -0.2) is 0 Å². The third-order valence-electron chi connectivity index (χ3n) is 12.4.